The fourth-order valence-electron chi connectivity index (χ4n) is 4.38. The number of carbonyl (C=O) groups excluding carboxylic acids is 1. The number of aliphatic hydroxyl groups excluding tert-OH is 2. The van der Waals surface area contributed by atoms with Gasteiger partial charge in [-0.3, -0.25) is 4.79 Å². The van der Waals surface area contributed by atoms with Crippen molar-refractivity contribution in [3.63, 3.8) is 0 Å². The van der Waals surface area contributed by atoms with Crippen molar-refractivity contribution in [1.82, 2.24) is 16.0 Å². The summed E-state index contributed by atoms with van der Waals surface area (Å²) in [6.07, 6.45) is 0.0499. The molecule has 6 N–H and O–H groups in total. The lowest BCUT2D eigenvalue weighted by Gasteiger charge is -2.27. The van der Waals surface area contributed by atoms with Gasteiger partial charge in [-0.1, -0.05) is 51.0 Å². The molecule has 0 saturated carbocycles. The van der Waals surface area contributed by atoms with Gasteiger partial charge in [0.1, 0.15) is 17.7 Å². The molecule has 1 unspecified atom stereocenters. The Kier molecular flexibility index (Phi) is 13.8. The second-order valence-corrected chi connectivity index (χ2v) is 9.84. The molecule has 0 fully saturated rings. The van der Waals surface area contributed by atoms with E-state index in [1.54, 1.807) is 0 Å². The molecule has 0 aromatic heterocycles. The van der Waals surface area contributed by atoms with Crippen LogP contribution in [0.3, 0.4) is 0 Å². The maximum atomic E-state index is 13.8. The highest BCUT2D eigenvalue weighted by molar-refractivity contribution is 5.85. The summed E-state index contributed by atoms with van der Waals surface area (Å²) in [6.45, 7) is 4.56. The van der Waals surface area contributed by atoms with Gasteiger partial charge in [-0.05, 0) is 60.9 Å². The minimum absolute atomic E-state index is 0.0481. The van der Waals surface area contributed by atoms with E-state index in [0.717, 1.165) is 43.0 Å². The molecule has 0 spiro atoms. The zero-order valence-electron chi connectivity index (χ0n) is 22.6. The Labute approximate surface area is 228 Å². The van der Waals surface area contributed by atoms with Crippen LogP contribution >= 0.6 is 0 Å². The number of hydrogen-bond acceptors (Lipinski definition) is 5. The smallest absolute Gasteiger partial charge is 0.405 e. The second kappa shape index (κ2) is 16.8. The summed E-state index contributed by atoms with van der Waals surface area (Å²) in [5, 5.41) is 38.4. The van der Waals surface area contributed by atoms with Crippen LogP contribution < -0.4 is 16.0 Å². The van der Waals surface area contributed by atoms with Gasteiger partial charge in [0.05, 0.1) is 18.2 Å². The molecular weight excluding hydrogens is 508 g/mol. The van der Waals surface area contributed by atoms with Gasteiger partial charge >= 0.3 is 6.09 Å². The van der Waals surface area contributed by atoms with E-state index in [1.807, 2.05) is 31.2 Å². The molecule has 0 saturated heterocycles. The van der Waals surface area contributed by atoms with E-state index < -0.39 is 47.9 Å². The van der Waals surface area contributed by atoms with Gasteiger partial charge in [0.25, 0.3) is 0 Å². The molecule has 0 heterocycles. The normalized spacial score (nSPS) is 14.3. The van der Waals surface area contributed by atoms with Crippen LogP contribution in [-0.2, 0) is 24.2 Å². The lowest BCUT2D eigenvalue weighted by atomic mass is 9.99. The molecule has 4 atom stereocenters. The zero-order valence-corrected chi connectivity index (χ0v) is 22.6. The molecule has 10 heteroatoms. The molecule has 0 aliphatic carbocycles. The third kappa shape index (κ3) is 12.1. The van der Waals surface area contributed by atoms with E-state index in [-0.39, 0.29) is 31.4 Å². The second-order valence-electron chi connectivity index (χ2n) is 9.84. The monoisotopic (exact) mass is 549 g/mol. The average molecular weight is 550 g/mol. The number of amides is 2. The molecule has 0 aliphatic heterocycles. The van der Waals surface area contributed by atoms with Gasteiger partial charge < -0.3 is 31.3 Å². The Balaban J connectivity index is 2.13. The predicted molar refractivity (Wildman–Crippen MR) is 145 cm³/mol. The third-order valence-electron chi connectivity index (χ3n) is 6.55. The number of benzene rings is 2. The van der Waals surface area contributed by atoms with Crippen LogP contribution in [0.4, 0.5) is 13.6 Å². The molecule has 2 rings (SSSR count). The summed E-state index contributed by atoms with van der Waals surface area (Å²) in [7, 11) is 0. The van der Waals surface area contributed by atoms with Crippen LogP contribution in [0, 0.1) is 11.6 Å². The predicted octanol–water partition coefficient (Wildman–Crippen LogP) is 3.67. The molecule has 0 aliphatic rings. The number of halogens is 2. The third-order valence-corrected chi connectivity index (χ3v) is 6.55. The standard InChI is InChI=1S/C29H41F2N3O5/c1-3-5-9-24(35)10-11-25(34-29(38)39)28(37)33-26(15-21-13-22(30)16-23(31)14-21)27(36)18-32-17-20-8-6-7-19(4-2)12-20/h6-8,12-14,16,24-27,32,34-36H,3-5,9-11,15,17-18H2,1-2H3,(H,33,37)(H,38,39)/t24?,25-,26+,27-/m1/s1. The van der Waals surface area contributed by atoms with Crippen LogP contribution in [0.1, 0.15) is 62.6 Å². The van der Waals surface area contributed by atoms with Crippen molar-refractivity contribution in [2.75, 3.05) is 6.54 Å². The summed E-state index contributed by atoms with van der Waals surface area (Å²) in [6, 6.07) is 8.78. The van der Waals surface area contributed by atoms with E-state index >= 15 is 0 Å². The van der Waals surface area contributed by atoms with E-state index in [4.69, 9.17) is 0 Å². The number of carboxylic acid groups (broad SMARTS) is 1. The zero-order chi connectivity index (χ0) is 28.8. The Bertz CT molecular complexity index is 1040. The summed E-state index contributed by atoms with van der Waals surface area (Å²) in [5.74, 6) is -2.27. The quantitative estimate of drug-likeness (QED) is 0.179. The van der Waals surface area contributed by atoms with E-state index in [0.29, 0.717) is 13.0 Å². The van der Waals surface area contributed by atoms with Gasteiger partial charge in [0.2, 0.25) is 5.91 Å². The molecule has 0 radical (unpaired) electrons. The van der Waals surface area contributed by atoms with Crippen LogP contribution in [0.25, 0.3) is 0 Å². The minimum Gasteiger partial charge on any atom is -0.465 e. The van der Waals surface area contributed by atoms with E-state index in [2.05, 4.69) is 22.9 Å². The summed E-state index contributed by atoms with van der Waals surface area (Å²) in [5.41, 5.74) is 2.41. The Morgan fingerprint density at radius 2 is 1.59 bits per heavy atom. The largest absolute Gasteiger partial charge is 0.465 e. The number of rotatable bonds is 17. The molecular formula is C29H41F2N3O5. The van der Waals surface area contributed by atoms with E-state index in [1.165, 1.54) is 5.56 Å². The number of unbranched alkanes of at least 4 members (excludes halogenated alkanes) is 1. The van der Waals surface area contributed by atoms with Crippen molar-refractivity contribution in [3.8, 4) is 0 Å². The van der Waals surface area contributed by atoms with Crippen molar-refractivity contribution in [1.29, 1.82) is 0 Å². The van der Waals surface area contributed by atoms with Gasteiger partial charge in [-0.15, -0.1) is 0 Å². The fourth-order valence-corrected chi connectivity index (χ4v) is 4.38. The van der Waals surface area contributed by atoms with Gasteiger partial charge in [-0.25, -0.2) is 13.6 Å². The SMILES string of the molecule is CCCCC(O)CC[C@@H](NC(=O)O)C(=O)N[C@@H](Cc1cc(F)cc(F)c1)[C@H](O)CNCc1cccc(CC)c1. The fraction of sp³-hybridized carbons (Fsp3) is 0.517. The maximum absolute atomic E-state index is 13.8. The van der Waals surface area contributed by atoms with Crippen molar-refractivity contribution >= 4 is 12.0 Å². The van der Waals surface area contributed by atoms with Crippen LogP contribution in [0.2, 0.25) is 0 Å². The minimum atomic E-state index is -1.40. The first kappa shape index (κ1) is 32.1. The van der Waals surface area contributed by atoms with Crippen molar-refractivity contribution in [2.24, 2.45) is 0 Å². The first-order valence-electron chi connectivity index (χ1n) is 13.5. The van der Waals surface area contributed by atoms with Crippen molar-refractivity contribution in [2.45, 2.75) is 89.6 Å². The average Bonchev–Trinajstić information content (AvgIpc) is 2.88. The topological polar surface area (TPSA) is 131 Å². The highest BCUT2D eigenvalue weighted by Gasteiger charge is 2.28. The number of aryl methyl sites for hydroxylation is 1. The first-order valence-corrected chi connectivity index (χ1v) is 13.5. The molecule has 2 amide bonds. The van der Waals surface area contributed by atoms with E-state index in [9.17, 15) is 33.7 Å². The molecule has 8 nitrogen and oxygen atoms in total. The van der Waals surface area contributed by atoms with Gasteiger partial charge in [0, 0.05) is 19.2 Å². The van der Waals surface area contributed by atoms with Crippen LogP contribution in [-0.4, -0.2) is 58.2 Å². The number of aliphatic hydroxyl groups is 2. The van der Waals surface area contributed by atoms with Gasteiger partial charge in [-0.2, -0.15) is 0 Å². The molecule has 216 valence electrons. The van der Waals surface area contributed by atoms with Gasteiger partial charge in [0.15, 0.2) is 0 Å². The summed E-state index contributed by atoms with van der Waals surface area (Å²) < 4.78 is 27.7. The van der Waals surface area contributed by atoms with Crippen molar-refractivity contribution in [3.05, 3.63) is 70.8 Å². The summed E-state index contributed by atoms with van der Waals surface area (Å²) in [4.78, 5) is 24.5. The Morgan fingerprint density at radius 1 is 0.897 bits per heavy atom. The first-order chi connectivity index (χ1) is 18.6. The Hall–Kier alpha value is -3.08. The van der Waals surface area contributed by atoms with Crippen LogP contribution in [0.5, 0.6) is 0 Å². The van der Waals surface area contributed by atoms with Crippen LogP contribution in [0.15, 0.2) is 42.5 Å². The molecule has 39 heavy (non-hydrogen) atoms. The molecule has 0 bridgehead atoms. The molecule has 2 aromatic rings. The lowest BCUT2D eigenvalue weighted by Crippen LogP contribution is -2.54. The van der Waals surface area contributed by atoms with Crippen molar-refractivity contribution < 1.29 is 33.7 Å². The highest BCUT2D eigenvalue weighted by atomic mass is 19.1. The number of nitrogens with one attached hydrogen (secondary N) is 3. The lowest BCUT2D eigenvalue weighted by molar-refractivity contribution is -0.124. The highest BCUT2D eigenvalue weighted by Crippen LogP contribution is 2.14. The number of carbonyl (C=O) groups is 2. The maximum Gasteiger partial charge on any atom is 0.405 e. The number of hydrogen-bond donors (Lipinski definition) is 6. The summed E-state index contributed by atoms with van der Waals surface area (Å²) >= 11 is 0. The Morgan fingerprint density at radius 3 is 2.23 bits per heavy atom. The molecule has 2 aromatic carbocycles.